The van der Waals surface area contributed by atoms with Gasteiger partial charge in [-0.05, 0) is 18.2 Å². The second-order valence-electron chi connectivity index (χ2n) is 5.36. The Morgan fingerprint density at radius 2 is 1.67 bits per heavy atom. The minimum Gasteiger partial charge on any atom is -0.339 e. The van der Waals surface area contributed by atoms with E-state index in [-0.39, 0.29) is 30.6 Å². The van der Waals surface area contributed by atoms with Crippen LogP contribution in [0.5, 0.6) is 0 Å². The van der Waals surface area contributed by atoms with Crippen molar-refractivity contribution in [2.45, 2.75) is 12.8 Å². The number of piperazine rings is 1. The number of amides is 3. The van der Waals surface area contributed by atoms with Gasteiger partial charge in [-0.1, -0.05) is 23.2 Å². The van der Waals surface area contributed by atoms with Crippen LogP contribution in [0.25, 0.3) is 0 Å². The van der Waals surface area contributed by atoms with E-state index < -0.39 is 0 Å². The van der Waals surface area contributed by atoms with Crippen molar-refractivity contribution in [1.82, 2.24) is 15.2 Å². The number of hydrazine groups is 1. The number of halogens is 2. The molecule has 0 unspecified atom stereocenters. The standard InChI is InChI=1S/C15H18Cl2N4O3/c16-10-1-2-11(12(17)9-10)15(24)21-7-5-20(6-8-21)14(23)4-3-13(22)19-18/h1-2,9H,3-8,18H2,(H,19,22). The third-order valence-corrected chi connectivity index (χ3v) is 4.36. The van der Waals surface area contributed by atoms with Gasteiger partial charge >= 0.3 is 0 Å². The highest BCUT2D eigenvalue weighted by Gasteiger charge is 2.26. The molecule has 2 rings (SSSR count). The lowest BCUT2D eigenvalue weighted by Gasteiger charge is -2.35. The molecule has 0 atom stereocenters. The predicted octanol–water partition coefficient (Wildman–Crippen LogP) is 1.05. The summed E-state index contributed by atoms with van der Waals surface area (Å²) in [5.74, 6) is 4.28. The van der Waals surface area contributed by atoms with E-state index in [4.69, 9.17) is 29.0 Å². The Morgan fingerprint density at radius 3 is 2.25 bits per heavy atom. The minimum absolute atomic E-state index is 0.0505. The molecular formula is C15H18Cl2N4O3. The number of nitrogens with two attached hydrogens (primary N) is 1. The second kappa shape index (κ2) is 8.32. The van der Waals surface area contributed by atoms with Crippen molar-refractivity contribution in [1.29, 1.82) is 0 Å². The Bertz CT molecular complexity index is 646. The Labute approximate surface area is 149 Å². The molecule has 0 saturated carbocycles. The Kier molecular flexibility index (Phi) is 6.42. The van der Waals surface area contributed by atoms with Crippen LogP contribution in [0.4, 0.5) is 0 Å². The summed E-state index contributed by atoms with van der Waals surface area (Å²) in [5.41, 5.74) is 2.38. The summed E-state index contributed by atoms with van der Waals surface area (Å²) in [6.45, 7) is 1.65. The molecule has 3 amide bonds. The van der Waals surface area contributed by atoms with Crippen LogP contribution in [-0.2, 0) is 9.59 Å². The predicted molar refractivity (Wildman–Crippen MR) is 90.5 cm³/mol. The molecule has 1 aliphatic rings. The van der Waals surface area contributed by atoms with Crippen LogP contribution in [0.15, 0.2) is 18.2 Å². The summed E-state index contributed by atoms with van der Waals surface area (Å²) in [4.78, 5) is 38.9. The number of nitrogens with one attached hydrogen (secondary N) is 1. The maximum atomic E-state index is 12.5. The summed E-state index contributed by atoms with van der Waals surface area (Å²) in [7, 11) is 0. The normalized spacial score (nSPS) is 14.5. The van der Waals surface area contributed by atoms with Crippen LogP contribution in [-0.4, -0.2) is 53.7 Å². The highest BCUT2D eigenvalue weighted by atomic mass is 35.5. The summed E-state index contributed by atoms with van der Waals surface area (Å²) in [6.07, 6.45) is 0.148. The molecule has 1 fully saturated rings. The van der Waals surface area contributed by atoms with Crippen LogP contribution in [0.3, 0.4) is 0 Å². The topological polar surface area (TPSA) is 95.7 Å². The quantitative estimate of drug-likeness (QED) is 0.469. The minimum atomic E-state index is -0.380. The van der Waals surface area contributed by atoms with E-state index in [0.717, 1.165) is 0 Å². The molecule has 1 saturated heterocycles. The molecule has 1 aromatic carbocycles. The average molecular weight is 373 g/mol. The van der Waals surface area contributed by atoms with Gasteiger partial charge in [0.15, 0.2) is 0 Å². The van der Waals surface area contributed by atoms with Gasteiger partial charge in [-0.3, -0.25) is 19.8 Å². The van der Waals surface area contributed by atoms with Gasteiger partial charge in [0.05, 0.1) is 10.6 Å². The SMILES string of the molecule is NNC(=O)CCC(=O)N1CCN(C(=O)c2ccc(Cl)cc2Cl)CC1. The van der Waals surface area contributed by atoms with Crippen LogP contribution in [0.2, 0.25) is 10.0 Å². The number of carbonyl (C=O) groups is 3. The van der Waals surface area contributed by atoms with Gasteiger partial charge < -0.3 is 9.80 Å². The molecule has 130 valence electrons. The first-order chi connectivity index (χ1) is 11.4. The molecule has 0 radical (unpaired) electrons. The molecule has 9 heteroatoms. The zero-order chi connectivity index (χ0) is 17.7. The lowest BCUT2D eigenvalue weighted by atomic mass is 10.1. The Morgan fingerprint density at radius 1 is 1.04 bits per heavy atom. The van der Waals surface area contributed by atoms with Crippen molar-refractivity contribution in [3.8, 4) is 0 Å². The largest absolute Gasteiger partial charge is 0.339 e. The molecule has 7 nitrogen and oxygen atoms in total. The van der Waals surface area contributed by atoms with Crippen LogP contribution in [0.1, 0.15) is 23.2 Å². The number of carbonyl (C=O) groups excluding carboxylic acids is 3. The zero-order valence-corrected chi connectivity index (χ0v) is 14.4. The van der Waals surface area contributed by atoms with Gasteiger partial charge in [0.25, 0.3) is 5.91 Å². The van der Waals surface area contributed by atoms with Crippen molar-refractivity contribution >= 4 is 40.9 Å². The summed E-state index contributed by atoms with van der Waals surface area (Å²) in [6, 6.07) is 4.73. The Balaban J connectivity index is 1.89. The van der Waals surface area contributed by atoms with Gasteiger partial charge in [-0.25, -0.2) is 5.84 Å². The van der Waals surface area contributed by atoms with Crippen LogP contribution in [0, 0.1) is 0 Å². The summed E-state index contributed by atoms with van der Waals surface area (Å²) < 4.78 is 0. The van der Waals surface area contributed by atoms with Gasteiger partial charge in [-0.15, -0.1) is 0 Å². The monoisotopic (exact) mass is 372 g/mol. The molecule has 24 heavy (non-hydrogen) atoms. The number of nitrogens with zero attached hydrogens (tertiary/aromatic N) is 2. The highest BCUT2D eigenvalue weighted by Crippen LogP contribution is 2.22. The molecular weight excluding hydrogens is 355 g/mol. The van der Waals surface area contributed by atoms with Gasteiger partial charge in [0.1, 0.15) is 0 Å². The fourth-order valence-corrected chi connectivity index (χ4v) is 2.93. The van der Waals surface area contributed by atoms with Crippen molar-refractivity contribution < 1.29 is 14.4 Å². The van der Waals surface area contributed by atoms with E-state index in [1.54, 1.807) is 21.9 Å². The van der Waals surface area contributed by atoms with Crippen molar-refractivity contribution in [3.05, 3.63) is 33.8 Å². The van der Waals surface area contributed by atoms with Crippen molar-refractivity contribution in [2.75, 3.05) is 26.2 Å². The molecule has 1 aliphatic heterocycles. The van der Waals surface area contributed by atoms with Gasteiger partial charge in [0.2, 0.25) is 11.8 Å². The smallest absolute Gasteiger partial charge is 0.255 e. The highest BCUT2D eigenvalue weighted by molar-refractivity contribution is 6.36. The molecule has 0 aliphatic carbocycles. The third kappa shape index (κ3) is 4.59. The first-order valence-electron chi connectivity index (χ1n) is 7.44. The average Bonchev–Trinajstić information content (AvgIpc) is 2.59. The number of hydrogen-bond donors (Lipinski definition) is 2. The van der Waals surface area contributed by atoms with Crippen LogP contribution < -0.4 is 11.3 Å². The van der Waals surface area contributed by atoms with Gasteiger partial charge in [0, 0.05) is 44.0 Å². The van der Waals surface area contributed by atoms with Crippen LogP contribution >= 0.6 is 23.2 Å². The number of rotatable bonds is 4. The molecule has 1 aromatic rings. The van der Waals surface area contributed by atoms with E-state index in [9.17, 15) is 14.4 Å². The maximum absolute atomic E-state index is 12.5. The van der Waals surface area contributed by atoms with E-state index in [2.05, 4.69) is 0 Å². The number of hydrogen-bond acceptors (Lipinski definition) is 4. The second-order valence-corrected chi connectivity index (χ2v) is 6.21. The van der Waals surface area contributed by atoms with E-state index >= 15 is 0 Å². The number of benzene rings is 1. The van der Waals surface area contributed by atoms with E-state index in [1.807, 2.05) is 5.43 Å². The first-order valence-corrected chi connectivity index (χ1v) is 8.19. The lowest BCUT2D eigenvalue weighted by molar-refractivity contribution is -0.134. The third-order valence-electron chi connectivity index (χ3n) is 3.81. The molecule has 0 spiro atoms. The van der Waals surface area contributed by atoms with Crippen molar-refractivity contribution in [2.24, 2.45) is 5.84 Å². The Hall–Kier alpha value is -1.83. The first kappa shape index (κ1) is 18.5. The molecule has 1 heterocycles. The zero-order valence-electron chi connectivity index (χ0n) is 12.9. The molecule has 0 aromatic heterocycles. The summed E-state index contributed by atoms with van der Waals surface area (Å²) >= 11 is 11.9. The summed E-state index contributed by atoms with van der Waals surface area (Å²) in [5, 5.41) is 0.771. The molecule has 3 N–H and O–H groups in total. The van der Waals surface area contributed by atoms with Crippen molar-refractivity contribution in [3.63, 3.8) is 0 Å². The fraction of sp³-hybridized carbons (Fsp3) is 0.400. The fourth-order valence-electron chi connectivity index (χ4n) is 2.44. The van der Waals surface area contributed by atoms with E-state index in [0.29, 0.717) is 41.8 Å². The lowest BCUT2D eigenvalue weighted by Crippen LogP contribution is -2.50. The van der Waals surface area contributed by atoms with Gasteiger partial charge in [-0.2, -0.15) is 0 Å². The maximum Gasteiger partial charge on any atom is 0.255 e. The van der Waals surface area contributed by atoms with E-state index in [1.165, 1.54) is 6.07 Å². The molecule has 0 bridgehead atoms.